The molecule has 1 amide bonds. The molecule has 0 spiro atoms. The van der Waals surface area contributed by atoms with Gasteiger partial charge in [0.25, 0.3) is 5.91 Å². The highest BCUT2D eigenvalue weighted by Gasteiger charge is 2.08. The third kappa shape index (κ3) is 2.54. The van der Waals surface area contributed by atoms with Gasteiger partial charge in [0.1, 0.15) is 0 Å². The van der Waals surface area contributed by atoms with Crippen molar-refractivity contribution in [3.8, 4) is 0 Å². The van der Waals surface area contributed by atoms with Crippen LogP contribution in [-0.4, -0.2) is 10.9 Å². The number of aromatic nitrogens is 1. The van der Waals surface area contributed by atoms with Crippen molar-refractivity contribution >= 4 is 5.91 Å². The molecule has 0 radical (unpaired) electrons. The summed E-state index contributed by atoms with van der Waals surface area (Å²) in [7, 11) is 0. The van der Waals surface area contributed by atoms with E-state index in [2.05, 4.69) is 18.8 Å². The summed E-state index contributed by atoms with van der Waals surface area (Å²) in [6.45, 7) is 4.20. The maximum Gasteiger partial charge on any atom is 0.250 e. The zero-order chi connectivity index (χ0) is 9.84. The Morgan fingerprint density at radius 3 is 2.85 bits per heavy atom. The summed E-state index contributed by atoms with van der Waals surface area (Å²) >= 11 is 0. The zero-order valence-corrected chi connectivity index (χ0v) is 7.95. The first-order valence-electron chi connectivity index (χ1n) is 4.34. The first-order valence-corrected chi connectivity index (χ1v) is 4.34. The van der Waals surface area contributed by atoms with Crippen LogP contribution in [0.15, 0.2) is 18.5 Å². The van der Waals surface area contributed by atoms with Crippen LogP contribution in [0.3, 0.4) is 0 Å². The second-order valence-corrected chi connectivity index (χ2v) is 3.50. The van der Waals surface area contributed by atoms with Gasteiger partial charge in [-0.3, -0.25) is 9.78 Å². The molecule has 2 N–H and O–H groups in total. The lowest BCUT2D eigenvalue weighted by atomic mass is 10.00. The van der Waals surface area contributed by atoms with E-state index in [4.69, 9.17) is 5.73 Å². The van der Waals surface area contributed by atoms with Gasteiger partial charge >= 0.3 is 0 Å². The van der Waals surface area contributed by atoms with Gasteiger partial charge in [-0.15, -0.1) is 0 Å². The van der Waals surface area contributed by atoms with Crippen molar-refractivity contribution < 1.29 is 4.79 Å². The van der Waals surface area contributed by atoms with E-state index in [1.165, 1.54) is 6.20 Å². The van der Waals surface area contributed by atoms with E-state index < -0.39 is 5.91 Å². The molecule has 0 bridgehead atoms. The Kier molecular flexibility index (Phi) is 3.01. The minimum Gasteiger partial charge on any atom is -0.366 e. The number of nitrogens with two attached hydrogens (primary N) is 1. The molecule has 0 saturated carbocycles. The summed E-state index contributed by atoms with van der Waals surface area (Å²) in [5, 5.41) is 0. The van der Waals surface area contributed by atoms with Crippen LogP contribution in [-0.2, 0) is 6.42 Å². The number of hydrogen-bond acceptors (Lipinski definition) is 2. The summed E-state index contributed by atoms with van der Waals surface area (Å²) in [5.41, 5.74) is 6.73. The second kappa shape index (κ2) is 4.03. The van der Waals surface area contributed by atoms with Crippen molar-refractivity contribution in [3.63, 3.8) is 0 Å². The number of amides is 1. The van der Waals surface area contributed by atoms with Crippen molar-refractivity contribution in [1.29, 1.82) is 0 Å². The Bertz CT molecular complexity index is 308. The molecule has 0 atom stereocenters. The Labute approximate surface area is 78.0 Å². The van der Waals surface area contributed by atoms with Gasteiger partial charge in [0.15, 0.2) is 0 Å². The smallest absolute Gasteiger partial charge is 0.250 e. The van der Waals surface area contributed by atoms with E-state index in [1.54, 1.807) is 6.20 Å². The fourth-order valence-corrected chi connectivity index (χ4v) is 1.26. The monoisotopic (exact) mass is 178 g/mol. The maximum absolute atomic E-state index is 11.0. The summed E-state index contributed by atoms with van der Waals surface area (Å²) < 4.78 is 0. The van der Waals surface area contributed by atoms with Crippen LogP contribution in [0.25, 0.3) is 0 Å². The molecule has 0 aliphatic heterocycles. The Morgan fingerprint density at radius 1 is 1.62 bits per heavy atom. The van der Waals surface area contributed by atoms with E-state index in [1.807, 2.05) is 6.07 Å². The highest BCUT2D eigenvalue weighted by molar-refractivity contribution is 5.93. The third-order valence-electron chi connectivity index (χ3n) is 1.80. The van der Waals surface area contributed by atoms with Gasteiger partial charge in [-0.05, 0) is 24.0 Å². The first-order chi connectivity index (χ1) is 6.11. The lowest BCUT2D eigenvalue weighted by Gasteiger charge is -2.07. The number of carbonyl (C=O) groups is 1. The highest BCUT2D eigenvalue weighted by atomic mass is 16.1. The van der Waals surface area contributed by atoms with Crippen molar-refractivity contribution in [3.05, 3.63) is 29.6 Å². The summed E-state index contributed by atoms with van der Waals surface area (Å²) in [6, 6.07) is 1.85. The predicted octanol–water partition coefficient (Wildman–Crippen LogP) is 1.38. The average Bonchev–Trinajstić information content (AvgIpc) is 2.03. The summed E-state index contributed by atoms with van der Waals surface area (Å²) in [4.78, 5) is 14.9. The van der Waals surface area contributed by atoms with Crippen LogP contribution in [0.1, 0.15) is 29.8 Å². The van der Waals surface area contributed by atoms with E-state index in [-0.39, 0.29) is 0 Å². The fraction of sp³-hybridized carbons (Fsp3) is 0.400. The van der Waals surface area contributed by atoms with E-state index in [9.17, 15) is 4.79 Å². The molecular formula is C10H14N2O. The van der Waals surface area contributed by atoms with Gasteiger partial charge in [0.2, 0.25) is 0 Å². The van der Waals surface area contributed by atoms with Crippen LogP contribution in [0.5, 0.6) is 0 Å². The third-order valence-corrected chi connectivity index (χ3v) is 1.80. The van der Waals surface area contributed by atoms with Gasteiger partial charge in [0.05, 0.1) is 5.56 Å². The number of rotatable bonds is 3. The van der Waals surface area contributed by atoms with Gasteiger partial charge in [0, 0.05) is 12.4 Å². The highest BCUT2D eigenvalue weighted by Crippen LogP contribution is 2.11. The lowest BCUT2D eigenvalue weighted by molar-refractivity contribution is 0.0999. The Balaban J connectivity index is 2.98. The molecule has 0 aliphatic carbocycles. The Morgan fingerprint density at radius 2 is 2.31 bits per heavy atom. The van der Waals surface area contributed by atoms with Gasteiger partial charge in [-0.25, -0.2) is 0 Å². The molecule has 3 heteroatoms. The van der Waals surface area contributed by atoms with E-state index in [0.717, 1.165) is 12.0 Å². The van der Waals surface area contributed by atoms with Crippen molar-refractivity contribution in [2.75, 3.05) is 0 Å². The molecule has 1 aromatic heterocycles. The molecule has 0 aliphatic rings. The molecular weight excluding hydrogens is 164 g/mol. The van der Waals surface area contributed by atoms with Crippen molar-refractivity contribution in [2.24, 2.45) is 11.7 Å². The van der Waals surface area contributed by atoms with Crippen molar-refractivity contribution in [1.82, 2.24) is 4.98 Å². The van der Waals surface area contributed by atoms with E-state index >= 15 is 0 Å². The zero-order valence-electron chi connectivity index (χ0n) is 7.95. The molecule has 1 heterocycles. The van der Waals surface area contributed by atoms with E-state index in [0.29, 0.717) is 11.5 Å². The van der Waals surface area contributed by atoms with Crippen LogP contribution >= 0.6 is 0 Å². The topological polar surface area (TPSA) is 56.0 Å². The number of carbonyl (C=O) groups excluding carboxylic acids is 1. The normalized spacial score (nSPS) is 10.4. The average molecular weight is 178 g/mol. The molecule has 1 rings (SSSR count). The molecule has 0 unspecified atom stereocenters. The van der Waals surface area contributed by atoms with Crippen LogP contribution in [0.4, 0.5) is 0 Å². The largest absolute Gasteiger partial charge is 0.366 e. The second-order valence-electron chi connectivity index (χ2n) is 3.50. The number of nitrogens with zero attached hydrogens (tertiary/aromatic N) is 1. The fourth-order valence-electron chi connectivity index (χ4n) is 1.26. The SMILES string of the molecule is CC(C)Cc1ccncc1C(N)=O. The van der Waals surface area contributed by atoms with Gasteiger partial charge in [-0.1, -0.05) is 13.8 Å². The van der Waals surface area contributed by atoms with Crippen LogP contribution in [0.2, 0.25) is 0 Å². The molecule has 3 nitrogen and oxygen atoms in total. The predicted molar refractivity (Wildman–Crippen MR) is 51.3 cm³/mol. The molecule has 1 aromatic rings. The minimum atomic E-state index is -0.399. The molecule has 0 fully saturated rings. The first kappa shape index (κ1) is 9.71. The number of primary amides is 1. The maximum atomic E-state index is 11.0. The molecule has 0 aromatic carbocycles. The standard InChI is InChI=1S/C10H14N2O/c1-7(2)5-8-3-4-12-6-9(8)10(11)13/h3-4,6-7H,5H2,1-2H3,(H2,11,13). The molecule has 70 valence electrons. The van der Waals surface area contributed by atoms with Gasteiger partial charge < -0.3 is 5.73 Å². The quantitative estimate of drug-likeness (QED) is 0.760. The number of hydrogen-bond donors (Lipinski definition) is 1. The molecule has 13 heavy (non-hydrogen) atoms. The molecule has 0 saturated heterocycles. The minimum absolute atomic E-state index is 0.399. The van der Waals surface area contributed by atoms with Crippen LogP contribution < -0.4 is 5.73 Å². The van der Waals surface area contributed by atoms with Crippen LogP contribution in [0, 0.1) is 5.92 Å². The number of pyridine rings is 1. The summed E-state index contributed by atoms with van der Waals surface area (Å²) in [6.07, 6.45) is 4.07. The van der Waals surface area contributed by atoms with Crippen molar-refractivity contribution in [2.45, 2.75) is 20.3 Å². The lowest BCUT2D eigenvalue weighted by Crippen LogP contribution is -2.15. The Hall–Kier alpha value is -1.38. The van der Waals surface area contributed by atoms with Gasteiger partial charge in [-0.2, -0.15) is 0 Å². The summed E-state index contributed by atoms with van der Waals surface area (Å²) in [5.74, 6) is 0.115.